The number of ketones is 1. The summed E-state index contributed by atoms with van der Waals surface area (Å²) in [6.07, 6.45) is 1.65. The molecule has 34 heavy (non-hydrogen) atoms. The number of hydrogen-bond donors (Lipinski definition) is 1. The van der Waals surface area contributed by atoms with Gasteiger partial charge < -0.3 is 19.6 Å². The van der Waals surface area contributed by atoms with Gasteiger partial charge in [0.1, 0.15) is 18.1 Å². The number of carbonyl (C=O) groups excluding carboxylic acids is 2. The van der Waals surface area contributed by atoms with E-state index in [0.29, 0.717) is 31.0 Å². The van der Waals surface area contributed by atoms with Crippen molar-refractivity contribution in [1.29, 1.82) is 0 Å². The van der Waals surface area contributed by atoms with Gasteiger partial charge in [-0.2, -0.15) is 0 Å². The van der Waals surface area contributed by atoms with Crippen molar-refractivity contribution in [1.82, 2.24) is 9.80 Å². The average Bonchev–Trinajstić information content (AvgIpc) is 3.05. The molecule has 0 spiro atoms. The molecular weight excluding hydrogens is 428 g/mol. The molecule has 0 aromatic heterocycles. The van der Waals surface area contributed by atoms with Crippen LogP contribution < -0.4 is 4.74 Å². The number of nitrogens with zero attached hydrogens (tertiary/aromatic N) is 2. The Kier molecular flexibility index (Phi) is 7.62. The summed E-state index contributed by atoms with van der Waals surface area (Å²) in [7, 11) is 3.83. The van der Waals surface area contributed by atoms with Gasteiger partial charge in [-0.25, -0.2) is 0 Å². The summed E-state index contributed by atoms with van der Waals surface area (Å²) < 4.78 is 5.50. The first-order valence-corrected chi connectivity index (χ1v) is 11.4. The molecule has 1 fully saturated rings. The first-order chi connectivity index (χ1) is 16.0. The normalized spacial score (nSPS) is 17.9. The van der Waals surface area contributed by atoms with Crippen LogP contribution in [0, 0.1) is 0 Å². The van der Waals surface area contributed by atoms with E-state index in [0.717, 1.165) is 11.1 Å². The summed E-state index contributed by atoms with van der Waals surface area (Å²) >= 11 is 0. The van der Waals surface area contributed by atoms with E-state index in [-0.39, 0.29) is 16.7 Å². The van der Waals surface area contributed by atoms with Crippen molar-refractivity contribution in [3.63, 3.8) is 0 Å². The molecule has 0 bridgehead atoms. The van der Waals surface area contributed by atoms with Gasteiger partial charge in [-0.05, 0) is 54.9 Å². The van der Waals surface area contributed by atoms with Crippen LogP contribution in [0.5, 0.6) is 5.75 Å². The standard InChI is InChI=1S/C28H34N2O4/c1-7-18-34-22-14-10-20(11-15-22)25(31)23-24(19-8-12-21(13-9-19)28(2,3)4)30(17-16-29(5)6)27(33)26(23)32/h7-15,24,31H,1,16-18H2,2-6H3. The number of rotatable bonds is 8. The Morgan fingerprint density at radius 3 is 2.24 bits per heavy atom. The van der Waals surface area contributed by atoms with Gasteiger partial charge in [-0.1, -0.05) is 57.7 Å². The van der Waals surface area contributed by atoms with Crippen molar-refractivity contribution in [2.24, 2.45) is 0 Å². The number of likely N-dealkylation sites (tertiary alicyclic amines) is 1. The molecule has 0 aliphatic carbocycles. The smallest absolute Gasteiger partial charge is 0.295 e. The Morgan fingerprint density at radius 2 is 1.71 bits per heavy atom. The molecule has 0 radical (unpaired) electrons. The maximum Gasteiger partial charge on any atom is 0.295 e. The minimum Gasteiger partial charge on any atom is -0.507 e. The topological polar surface area (TPSA) is 70.1 Å². The number of aliphatic hydroxyl groups is 1. The van der Waals surface area contributed by atoms with E-state index in [1.165, 1.54) is 0 Å². The van der Waals surface area contributed by atoms with Gasteiger partial charge >= 0.3 is 0 Å². The highest BCUT2D eigenvalue weighted by Crippen LogP contribution is 2.40. The van der Waals surface area contributed by atoms with Crippen molar-refractivity contribution in [3.05, 3.63) is 83.4 Å². The second-order valence-corrected chi connectivity index (χ2v) is 9.79. The monoisotopic (exact) mass is 462 g/mol. The summed E-state index contributed by atoms with van der Waals surface area (Å²) in [4.78, 5) is 29.7. The molecule has 6 nitrogen and oxygen atoms in total. The third kappa shape index (κ3) is 5.39. The van der Waals surface area contributed by atoms with Crippen LogP contribution in [-0.2, 0) is 15.0 Å². The number of hydrogen-bond acceptors (Lipinski definition) is 5. The lowest BCUT2D eigenvalue weighted by Crippen LogP contribution is -2.35. The molecule has 2 aromatic rings. The van der Waals surface area contributed by atoms with Gasteiger partial charge in [0, 0.05) is 18.7 Å². The Labute approximate surface area is 202 Å². The van der Waals surface area contributed by atoms with Crippen molar-refractivity contribution in [2.45, 2.75) is 32.2 Å². The van der Waals surface area contributed by atoms with E-state index >= 15 is 0 Å². The van der Waals surface area contributed by atoms with E-state index in [9.17, 15) is 14.7 Å². The number of likely N-dealkylation sites (N-methyl/N-ethyl adjacent to an activating group) is 1. The summed E-state index contributed by atoms with van der Waals surface area (Å²) in [5, 5.41) is 11.2. The zero-order valence-electron chi connectivity index (χ0n) is 20.7. The fourth-order valence-electron chi connectivity index (χ4n) is 3.95. The zero-order valence-corrected chi connectivity index (χ0v) is 20.7. The van der Waals surface area contributed by atoms with Crippen molar-refractivity contribution < 1.29 is 19.4 Å². The molecule has 1 atom stereocenters. The van der Waals surface area contributed by atoms with E-state index < -0.39 is 17.7 Å². The molecule has 2 aromatic carbocycles. The minimum absolute atomic E-state index is 0.0271. The number of carbonyl (C=O) groups is 2. The van der Waals surface area contributed by atoms with Crippen molar-refractivity contribution in [3.8, 4) is 5.75 Å². The van der Waals surface area contributed by atoms with E-state index in [4.69, 9.17) is 4.74 Å². The van der Waals surface area contributed by atoms with Gasteiger partial charge in [0.15, 0.2) is 0 Å². The summed E-state index contributed by atoms with van der Waals surface area (Å²) in [6, 6.07) is 14.1. The molecule has 180 valence electrons. The van der Waals surface area contributed by atoms with Crippen LogP contribution in [0.25, 0.3) is 5.76 Å². The molecule has 1 aliphatic heterocycles. The Morgan fingerprint density at radius 1 is 1.09 bits per heavy atom. The van der Waals surface area contributed by atoms with Crippen molar-refractivity contribution in [2.75, 3.05) is 33.8 Å². The molecule has 1 N–H and O–H groups in total. The van der Waals surface area contributed by atoms with Crippen LogP contribution in [0.2, 0.25) is 0 Å². The first kappa shape index (κ1) is 25.2. The fraction of sp³-hybridized carbons (Fsp3) is 0.357. The molecule has 3 rings (SSSR count). The number of amides is 1. The van der Waals surface area contributed by atoms with Crippen LogP contribution >= 0.6 is 0 Å². The SMILES string of the molecule is C=CCOc1ccc(C(O)=C2C(=O)C(=O)N(CCN(C)C)C2c2ccc(C(C)(C)C)cc2)cc1. The summed E-state index contributed by atoms with van der Waals surface area (Å²) in [6.45, 7) is 11.4. The maximum atomic E-state index is 13.1. The highest BCUT2D eigenvalue weighted by atomic mass is 16.5. The molecule has 1 unspecified atom stereocenters. The molecular formula is C28H34N2O4. The number of aliphatic hydroxyl groups excluding tert-OH is 1. The summed E-state index contributed by atoms with van der Waals surface area (Å²) in [5.41, 5.74) is 2.47. The van der Waals surface area contributed by atoms with Gasteiger partial charge in [0.2, 0.25) is 0 Å². The molecule has 0 saturated carbocycles. The highest BCUT2D eigenvalue weighted by molar-refractivity contribution is 6.46. The lowest BCUT2D eigenvalue weighted by atomic mass is 9.85. The van der Waals surface area contributed by atoms with Crippen molar-refractivity contribution >= 4 is 17.4 Å². The quantitative estimate of drug-likeness (QED) is 0.270. The molecule has 1 amide bonds. The number of Topliss-reactive ketones (excluding diaryl/α,β-unsaturated/α-hetero) is 1. The maximum absolute atomic E-state index is 13.1. The number of benzene rings is 2. The summed E-state index contributed by atoms with van der Waals surface area (Å²) in [5.74, 6) is -0.838. The van der Waals surface area contributed by atoms with E-state index in [1.807, 2.05) is 43.3 Å². The largest absolute Gasteiger partial charge is 0.507 e. The predicted molar refractivity (Wildman–Crippen MR) is 135 cm³/mol. The molecule has 1 saturated heterocycles. The third-order valence-electron chi connectivity index (χ3n) is 5.92. The van der Waals surface area contributed by atoms with Gasteiger partial charge in [0.25, 0.3) is 11.7 Å². The van der Waals surface area contributed by atoms with Crippen LogP contribution in [0.3, 0.4) is 0 Å². The zero-order chi connectivity index (χ0) is 25.0. The van der Waals surface area contributed by atoms with E-state index in [1.54, 1.807) is 35.2 Å². The minimum atomic E-state index is -0.673. The van der Waals surface area contributed by atoms with E-state index in [2.05, 4.69) is 27.4 Å². The Hall–Kier alpha value is -3.38. The van der Waals surface area contributed by atoms with Crippen LogP contribution in [0.4, 0.5) is 0 Å². The van der Waals surface area contributed by atoms with Crippen LogP contribution in [0.15, 0.2) is 66.8 Å². The van der Waals surface area contributed by atoms with Crippen LogP contribution in [0.1, 0.15) is 43.5 Å². The second kappa shape index (κ2) is 10.3. The molecule has 1 aliphatic rings. The Balaban J connectivity index is 2.07. The Bertz CT molecular complexity index is 1080. The first-order valence-electron chi connectivity index (χ1n) is 11.4. The molecule has 6 heteroatoms. The highest BCUT2D eigenvalue weighted by Gasteiger charge is 2.45. The van der Waals surface area contributed by atoms with Gasteiger partial charge in [0.05, 0.1) is 11.6 Å². The van der Waals surface area contributed by atoms with Gasteiger partial charge in [-0.3, -0.25) is 9.59 Å². The molecule has 1 heterocycles. The lowest BCUT2D eigenvalue weighted by molar-refractivity contribution is -0.140. The van der Waals surface area contributed by atoms with Crippen LogP contribution in [-0.4, -0.2) is 60.4 Å². The third-order valence-corrected chi connectivity index (χ3v) is 5.92. The lowest BCUT2D eigenvalue weighted by Gasteiger charge is -2.27. The van der Waals surface area contributed by atoms with Gasteiger partial charge in [-0.15, -0.1) is 0 Å². The fourth-order valence-corrected chi connectivity index (χ4v) is 3.95. The number of ether oxygens (including phenoxy) is 1. The predicted octanol–water partition coefficient (Wildman–Crippen LogP) is 4.53. The second-order valence-electron chi connectivity index (χ2n) is 9.79. The average molecular weight is 463 g/mol.